The molecule has 1 aromatic heterocycles. The molecule has 2 N–H and O–H groups in total. The van der Waals surface area contributed by atoms with Gasteiger partial charge >= 0.3 is 0 Å². The molecular weight excluding hydrogens is 300 g/mol. The van der Waals surface area contributed by atoms with Crippen LogP contribution < -0.4 is 5.73 Å². The number of rotatable bonds is 5. The van der Waals surface area contributed by atoms with E-state index in [2.05, 4.69) is 15.9 Å². The fraction of sp³-hybridized carbons (Fsp3) is 0.583. The lowest BCUT2D eigenvalue weighted by molar-refractivity contribution is -0.130. The molecule has 0 fully saturated rings. The highest BCUT2D eigenvalue weighted by molar-refractivity contribution is 9.10. The molecule has 0 aliphatic carbocycles. The molecule has 0 spiro atoms. The van der Waals surface area contributed by atoms with E-state index in [1.807, 2.05) is 32.3 Å². The van der Waals surface area contributed by atoms with Crippen molar-refractivity contribution in [2.75, 3.05) is 7.05 Å². The second-order valence-electron chi connectivity index (χ2n) is 4.59. The van der Waals surface area contributed by atoms with Gasteiger partial charge in [-0.25, -0.2) is 0 Å². The summed E-state index contributed by atoms with van der Waals surface area (Å²) in [5.74, 6) is 0.443. The maximum atomic E-state index is 11.9. The van der Waals surface area contributed by atoms with Gasteiger partial charge in [0.1, 0.15) is 0 Å². The number of hydrogen-bond donors (Lipinski definition) is 1. The van der Waals surface area contributed by atoms with Crippen LogP contribution in [0.3, 0.4) is 0 Å². The third-order valence-electron chi connectivity index (χ3n) is 2.71. The average Bonchev–Trinajstić information content (AvgIpc) is 2.63. The third-order valence-corrected chi connectivity index (χ3v) is 4.39. The molecule has 1 aromatic rings. The Bertz CT molecular complexity index is 378. The van der Waals surface area contributed by atoms with E-state index in [0.29, 0.717) is 18.9 Å². The van der Waals surface area contributed by atoms with Crippen LogP contribution in [0.1, 0.15) is 25.1 Å². The molecular formula is C12H19BrN2OS. The van der Waals surface area contributed by atoms with E-state index in [4.69, 9.17) is 5.73 Å². The number of carbonyl (C=O) groups excluding carboxylic acids is 1. The van der Waals surface area contributed by atoms with Crippen molar-refractivity contribution in [1.82, 2.24) is 4.90 Å². The van der Waals surface area contributed by atoms with Crippen molar-refractivity contribution in [3.8, 4) is 0 Å². The minimum atomic E-state index is -0.0555. The van der Waals surface area contributed by atoms with E-state index in [-0.39, 0.29) is 11.9 Å². The van der Waals surface area contributed by atoms with Crippen molar-refractivity contribution in [3.05, 3.63) is 20.8 Å². The highest BCUT2D eigenvalue weighted by atomic mass is 79.9. The summed E-state index contributed by atoms with van der Waals surface area (Å²) in [6.45, 7) is 4.72. The van der Waals surface area contributed by atoms with Gasteiger partial charge in [0.15, 0.2) is 0 Å². The van der Waals surface area contributed by atoms with Crippen LogP contribution in [0.2, 0.25) is 0 Å². The standard InChI is InChI=1S/C12H19BrN2OS/c1-8(2)11(14)5-12(16)15(3)6-10-4-9(13)7-17-10/h4,7-8,11H,5-6,14H2,1-3H3. The van der Waals surface area contributed by atoms with Gasteiger partial charge in [0.2, 0.25) is 5.91 Å². The fourth-order valence-corrected chi connectivity index (χ4v) is 2.86. The second kappa shape index (κ2) is 6.52. The number of thiophene rings is 1. The van der Waals surface area contributed by atoms with Gasteiger partial charge in [-0.1, -0.05) is 13.8 Å². The first kappa shape index (κ1) is 14.7. The summed E-state index contributed by atoms with van der Waals surface area (Å²) >= 11 is 5.05. The molecule has 1 rings (SSSR count). The molecule has 0 aliphatic heterocycles. The number of nitrogens with zero attached hydrogens (tertiary/aromatic N) is 1. The van der Waals surface area contributed by atoms with Crippen LogP contribution in [0.4, 0.5) is 0 Å². The van der Waals surface area contributed by atoms with Crippen LogP contribution in [0.5, 0.6) is 0 Å². The van der Waals surface area contributed by atoms with Crippen LogP contribution in [0, 0.1) is 5.92 Å². The zero-order valence-corrected chi connectivity index (χ0v) is 12.8. The monoisotopic (exact) mass is 318 g/mol. The molecule has 0 saturated heterocycles. The Balaban J connectivity index is 2.47. The van der Waals surface area contributed by atoms with Crippen LogP contribution in [-0.4, -0.2) is 23.9 Å². The molecule has 0 saturated carbocycles. The quantitative estimate of drug-likeness (QED) is 0.907. The summed E-state index contributed by atoms with van der Waals surface area (Å²) in [6.07, 6.45) is 0.417. The fourth-order valence-electron chi connectivity index (χ4n) is 1.35. The first-order chi connectivity index (χ1) is 7.90. The molecule has 17 heavy (non-hydrogen) atoms. The predicted octanol–water partition coefficient (Wildman–Crippen LogP) is 2.84. The molecule has 1 unspecified atom stereocenters. The van der Waals surface area contributed by atoms with Crippen LogP contribution in [0.15, 0.2) is 15.9 Å². The minimum Gasteiger partial charge on any atom is -0.341 e. The molecule has 0 radical (unpaired) electrons. The largest absolute Gasteiger partial charge is 0.341 e. The number of amides is 1. The molecule has 1 heterocycles. The third kappa shape index (κ3) is 4.77. The smallest absolute Gasteiger partial charge is 0.224 e. The van der Waals surface area contributed by atoms with E-state index in [1.165, 1.54) is 4.88 Å². The predicted molar refractivity (Wildman–Crippen MR) is 75.9 cm³/mol. The van der Waals surface area contributed by atoms with Crippen molar-refractivity contribution in [1.29, 1.82) is 0 Å². The molecule has 96 valence electrons. The molecule has 3 nitrogen and oxygen atoms in total. The van der Waals surface area contributed by atoms with Crippen LogP contribution in [0.25, 0.3) is 0 Å². The summed E-state index contributed by atoms with van der Waals surface area (Å²) in [5.41, 5.74) is 5.90. The van der Waals surface area contributed by atoms with Gasteiger partial charge in [0.05, 0.1) is 6.54 Å². The summed E-state index contributed by atoms with van der Waals surface area (Å²) in [7, 11) is 1.82. The van der Waals surface area contributed by atoms with Crippen LogP contribution in [-0.2, 0) is 11.3 Å². The summed E-state index contributed by atoms with van der Waals surface area (Å²) in [4.78, 5) is 14.8. The van der Waals surface area contributed by atoms with E-state index < -0.39 is 0 Å². The van der Waals surface area contributed by atoms with Crippen molar-refractivity contribution in [2.24, 2.45) is 11.7 Å². The number of halogens is 1. The Morgan fingerprint density at radius 2 is 2.24 bits per heavy atom. The Morgan fingerprint density at radius 3 is 2.71 bits per heavy atom. The average molecular weight is 319 g/mol. The molecule has 5 heteroatoms. The SMILES string of the molecule is CC(C)C(N)CC(=O)N(C)Cc1cc(Br)cs1. The lowest BCUT2D eigenvalue weighted by Gasteiger charge is -2.20. The molecule has 0 bridgehead atoms. The molecule has 1 atom stereocenters. The highest BCUT2D eigenvalue weighted by Crippen LogP contribution is 2.21. The van der Waals surface area contributed by atoms with Gasteiger partial charge in [-0.3, -0.25) is 4.79 Å². The minimum absolute atomic E-state index is 0.0555. The van der Waals surface area contributed by atoms with Gasteiger partial charge in [-0.05, 0) is 27.9 Å². The number of carbonyl (C=O) groups is 1. The van der Waals surface area contributed by atoms with Gasteiger partial charge in [0, 0.05) is 34.2 Å². The lowest BCUT2D eigenvalue weighted by Crippen LogP contribution is -2.35. The van der Waals surface area contributed by atoms with E-state index >= 15 is 0 Å². The molecule has 1 amide bonds. The van der Waals surface area contributed by atoms with Gasteiger partial charge in [-0.15, -0.1) is 11.3 Å². The molecule has 0 aromatic carbocycles. The van der Waals surface area contributed by atoms with E-state index in [9.17, 15) is 4.79 Å². The van der Waals surface area contributed by atoms with Crippen molar-refractivity contribution >= 4 is 33.2 Å². The maximum Gasteiger partial charge on any atom is 0.224 e. The zero-order valence-electron chi connectivity index (χ0n) is 10.4. The number of hydrogen-bond acceptors (Lipinski definition) is 3. The topological polar surface area (TPSA) is 46.3 Å². The Hall–Kier alpha value is -0.390. The first-order valence-corrected chi connectivity index (χ1v) is 7.30. The second-order valence-corrected chi connectivity index (χ2v) is 6.50. The lowest BCUT2D eigenvalue weighted by atomic mass is 10.0. The first-order valence-electron chi connectivity index (χ1n) is 5.62. The van der Waals surface area contributed by atoms with Gasteiger partial charge < -0.3 is 10.6 Å². The Kier molecular flexibility index (Phi) is 5.62. The van der Waals surface area contributed by atoms with Gasteiger partial charge in [0.25, 0.3) is 0 Å². The summed E-state index contributed by atoms with van der Waals surface area (Å²) in [5, 5.41) is 2.02. The molecule has 0 aliphatic rings. The summed E-state index contributed by atoms with van der Waals surface area (Å²) < 4.78 is 1.07. The van der Waals surface area contributed by atoms with Crippen molar-refractivity contribution < 1.29 is 4.79 Å². The highest BCUT2D eigenvalue weighted by Gasteiger charge is 2.16. The maximum absolute atomic E-state index is 11.9. The van der Waals surface area contributed by atoms with E-state index in [1.54, 1.807) is 16.2 Å². The van der Waals surface area contributed by atoms with Crippen LogP contribution >= 0.6 is 27.3 Å². The Morgan fingerprint density at radius 1 is 1.59 bits per heavy atom. The summed E-state index contributed by atoms with van der Waals surface area (Å²) in [6, 6.07) is 1.98. The number of nitrogens with two attached hydrogens (primary N) is 1. The Labute approximate surface area is 115 Å². The van der Waals surface area contributed by atoms with Crippen molar-refractivity contribution in [2.45, 2.75) is 32.9 Å². The van der Waals surface area contributed by atoms with Crippen molar-refractivity contribution in [3.63, 3.8) is 0 Å². The van der Waals surface area contributed by atoms with E-state index in [0.717, 1.165) is 4.47 Å². The zero-order chi connectivity index (χ0) is 13.0. The normalized spacial score (nSPS) is 12.8. The van der Waals surface area contributed by atoms with Gasteiger partial charge in [-0.2, -0.15) is 0 Å².